The molecule has 0 aromatic heterocycles. The molecule has 0 unspecified atom stereocenters. The summed E-state index contributed by atoms with van der Waals surface area (Å²) in [6, 6.07) is 16.9. The predicted molar refractivity (Wildman–Crippen MR) is 87.8 cm³/mol. The summed E-state index contributed by atoms with van der Waals surface area (Å²) in [5.74, 6) is 0. The van der Waals surface area contributed by atoms with Crippen molar-refractivity contribution in [1.82, 2.24) is 0 Å². The Morgan fingerprint density at radius 3 is 2.30 bits per heavy atom. The van der Waals surface area contributed by atoms with Crippen LogP contribution >= 0.6 is 15.9 Å². The molecule has 0 heterocycles. The Morgan fingerprint density at radius 1 is 1.05 bits per heavy atom. The smallest absolute Gasteiger partial charge is 0.0682 e. The summed E-state index contributed by atoms with van der Waals surface area (Å²) < 4.78 is 1.02. The lowest BCUT2D eigenvalue weighted by molar-refractivity contribution is 0.282. The Bertz CT molecular complexity index is 554. The molecule has 0 amide bonds. The highest BCUT2D eigenvalue weighted by atomic mass is 79.9. The molecule has 0 aliphatic carbocycles. The van der Waals surface area contributed by atoms with Crippen LogP contribution in [0, 0.1) is 0 Å². The second-order valence-corrected chi connectivity index (χ2v) is 6.01. The van der Waals surface area contributed by atoms with Crippen LogP contribution in [-0.2, 0) is 13.2 Å². The normalized spacial score (nSPS) is 10.8. The second kappa shape index (κ2) is 6.91. The number of aliphatic hydroxyl groups excluding tert-OH is 1. The fourth-order valence-electron chi connectivity index (χ4n) is 2.21. The van der Waals surface area contributed by atoms with Crippen LogP contribution in [0.4, 0.5) is 5.69 Å². The van der Waals surface area contributed by atoms with E-state index >= 15 is 0 Å². The van der Waals surface area contributed by atoms with E-state index in [9.17, 15) is 5.11 Å². The van der Waals surface area contributed by atoms with E-state index in [4.69, 9.17) is 0 Å². The number of aliphatic hydroxyl groups is 1. The van der Waals surface area contributed by atoms with Crippen molar-refractivity contribution in [3.05, 3.63) is 64.1 Å². The van der Waals surface area contributed by atoms with Crippen molar-refractivity contribution in [2.24, 2.45) is 0 Å². The van der Waals surface area contributed by atoms with Crippen LogP contribution in [0.1, 0.15) is 25.0 Å². The van der Waals surface area contributed by atoms with Gasteiger partial charge in [0, 0.05) is 17.1 Å². The van der Waals surface area contributed by atoms with Crippen molar-refractivity contribution in [1.29, 1.82) is 0 Å². The SMILES string of the molecule is CC(C)N(Cc1ccccc1)c1ccc(CO)cc1Br. The van der Waals surface area contributed by atoms with Crippen LogP contribution in [0.5, 0.6) is 0 Å². The van der Waals surface area contributed by atoms with Gasteiger partial charge in [0.1, 0.15) is 0 Å². The average molecular weight is 334 g/mol. The third kappa shape index (κ3) is 3.62. The van der Waals surface area contributed by atoms with Gasteiger partial charge in [0.05, 0.1) is 12.3 Å². The van der Waals surface area contributed by atoms with E-state index in [1.807, 2.05) is 18.2 Å². The van der Waals surface area contributed by atoms with E-state index < -0.39 is 0 Å². The fourth-order valence-corrected chi connectivity index (χ4v) is 2.86. The molecule has 1 N–H and O–H groups in total. The first kappa shape index (κ1) is 15.1. The van der Waals surface area contributed by atoms with Crippen molar-refractivity contribution in [3.63, 3.8) is 0 Å². The number of hydrogen-bond donors (Lipinski definition) is 1. The van der Waals surface area contributed by atoms with Crippen LogP contribution in [0.2, 0.25) is 0 Å². The maximum Gasteiger partial charge on any atom is 0.0682 e. The number of benzene rings is 2. The van der Waals surface area contributed by atoms with Crippen LogP contribution in [0.15, 0.2) is 53.0 Å². The zero-order valence-corrected chi connectivity index (χ0v) is 13.5. The third-order valence-corrected chi connectivity index (χ3v) is 3.96. The highest BCUT2D eigenvalue weighted by Crippen LogP contribution is 2.30. The number of anilines is 1. The van der Waals surface area contributed by atoms with Gasteiger partial charge in [-0.1, -0.05) is 36.4 Å². The van der Waals surface area contributed by atoms with Crippen molar-refractivity contribution in [2.45, 2.75) is 33.0 Å². The summed E-state index contributed by atoms with van der Waals surface area (Å²) in [6.45, 7) is 5.32. The lowest BCUT2D eigenvalue weighted by Crippen LogP contribution is -2.30. The molecule has 2 aromatic rings. The molecule has 0 fully saturated rings. The first-order valence-corrected chi connectivity index (χ1v) is 7.61. The molecular formula is C17H20BrNO. The molecule has 3 heteroatoms. The van der Waals surface area contributed by atoms with Crippen molar-refractivity contribution in [2.75, 3.05) is 4.90 Å². The monoisotopic (exact) mass is 333 g/mol. The van der Waals surface area contributed by atoms with Gasteiger partial charge in [-0.15, -0.1) is 0 Å². The number of hydrogen-bond acceptors (Lipinski definition) is 2. The molecule has 106 valence electrons. The number of nitrogens with zero attached hydrogens (tertiary/aromatic N) is 1. The van der Waals surface area contributed by atoms with E-state index in [0.717, 1.165) is 22.3 Å². The Morgan fingerprint density at radius 2 is 1.75 bits per heavy atom. The first-order chi connectivity index (χ1) is 9.61. The molecule has 20 heavy (non-hydrogen) atoms. The van der Waals surface area contributed by atoms with Crippen LogP contribution in [0.25, 0.3) is 0 Å². The van der Waals surface area contributed by atoms with Gasteiger partial charge in [-0.05, 0) is 53.0 Å². The molecule has 0 saturated carbocycles. The molecule has 0 spiro atoms. The molecule has 2 rings (SSSR count). The Hall–Kier alpha value is -1.32. The second-order valence-electron chi connectivity index (χ2n) is 5.15. The van der Waals surface area contributed by atoms with E-state index in [1.54, 1.807) is 0 Å². The molecule has 2 nitrogen and oxygen atoms in total. The molecule has 2 aromatic carbocycles. The third-order valence-electron chi connectivity index (χ3n) is 3.32. The van der Waals surface area contributed by atoms with Gasteiger partial charge in [0.2, 0.25) is 0 Å². The predicted octanol–water partition coefficient (Wildman–Crippen LogP) is 4.36. The first-order valence-electron chi connectivity index (χ1n) is 6.81. The summed E-state index contributed by atoms with van der Waals surface area (Å²) in [7, 11) is 0. The van der Waals surface area contributed by atoms with Gasteiger partial charge >= 0.3 is 0 Å². The molecular weight excluding hydrogens is 314 g/mol. The zero-order valence-electron chi connectivity index (χ0n) is 11.9. The number of halogens is 1. The van der Waals surface area contributed by atoms with Gasteiger partial charge in [-0.3, -0.25) is 0 Å². The maximum atomic E-state index is 9.20. The summed E-state index contributed by atoms with van der Waals surface area (Å²) in [5.41, 5.74) is 3.37. The van der Waals surface area contributed by atoms with E-state index in [-0.39, 0.29) is 6.61 Å². The van der Waals surface area contributed by atoms with Gasteiger partial charge < -0.3 is 10.0 Å². The minimum Gasteiger partial charge on any atom is -0.392 e. The van der Waals surface area contributed by atoms with E-state index in [2.05, 4.69) is 65.0 Å². The molecule has 0 atom stereocenters. The number of rotatable bonds is 5. The minimum absolute atomic E-state index is 0.0687. The minimum atomic E-state index is 0.0687. The molecule has 0 bridgehead atoms. The molecule has 0 radical (unpaired) electrons. The highest BCUT2D eigenvalue weighted by Gasteiger charge is 2.14. The van der Waals surface area contributed by atoms with Crippen LogP contribution in [-0.4, -0.2) is 11.1 Å². The summed E-state index contributed by atoms with van der Waals surface area (Å²) in [4.78, 5) is 2.35. The Labute approximate surface area is 129 Å². The van der Waals surface area contributed by atoms with E-state index in [0.29, 0.717) is 6.04 Å². The van der Waals surface area contributed by atoms with Crippen LogP contribution < -0.4 is 4.90 Å². The molecule has 0 saturated heterocycles. The van der Waals surface area contributed by atoms with Gasteiger partial charge in [0.15, 0.2) is 0 Å². The molecule has 0 aliphatic rings. The van der Waals surface area contributed by atoms with Gasteiger partial charge in [-0.2, -0.15) is 0 Å². The summed E-state index contributed by atoms with van der Waals surface area (Å²) in [6.07, 6.45) is 0. The Balaban J connectivity index is 2.29. The van der Waals surface area contributed by atoms with E-state index in [1.165, 1.54) is 5.56 Å². The standard InChI is InChI=1S/C17H20BrNO/c1-13(2)19(11-14-6-4-3-5-7-14)17-9-8-15(12-20)10-16(17)18/h3-10,13,20H,11-12H2,1-2H3. The topological polar surface area (TPSA) is 23.5 Å². The maximum absolute atomic E-state index is 9.20. The van der Waals surface area contributed by atoms with Crippen LogP contribution in [0.3, 0.4) is 0 Å². The van der Waals surface area contributed by atoms with Crippen molar-refractivity contribution < 1.29 is 5.11 Å². The van der Waals surface area contributed by atoms with Gasteiger partial charge in [-0.25, -0.2) is 0 Å². The quantitative estimate of drug-likeness (QED) is 0.878. The molecule has 0 aliphatic heterocycles. The fraction of sp³-hybridized carbons (Fsp3) is 0.294. The lowest BCUT2D eigenvalue weighted by Gasteiger charge is -2.30. The lowest BCUT2D eigenvalue weighted by atomic mass is 10.1. The summed E-state index contributed by atoms with van der Waals surface area (Å²) >= 11 is 3.62. The zero-order chi connectivity index (χ0) is 14.5. The average Bonchev–Trinajstić information content (AvgIpc) is 2.46. The highest BCUT2D eigenvalue weighted by molar-refractivity contribution is 9.10. The largest absolute Gasteiger partial charge is 0.392 e. The summed E-state index contributed by atoms with van der Waals surface area (Å²) in [5, 5.41) is 9.20. The van der Waals surface area contributed by atoms with Gasteiger partial charge in [0.25, 0.3) is 0 Å². The van der Waals surface area contributed by atoms with Crippen molar-refractivity contribution in [3.8, 4) is 0 Å². The van der Waals surface area contributed by atoms with Crippen molar-refractivity contribution >= 4 is 21.6 Å². The Kier molecular flexibility index (Phi) is 5.21.